The third-order valence-corrected chi connectivity index (χ3v) is 3.84. The quantitative estimate of drug-likeness (QED) is 0.763. The van der Waals surface area contributed by atoms with Crippen molar-refractivity contribution in [1.82, 2.24) is 14.7 Å². The summed E-state index contributed by atoms with van der Waals surface area (Å²) in [7, 11) is 0. The van der Waals surface area contributed by atoms with Crippen molar-refractivity contribution in [1.29, 1.82) is 0 Å². The topological polar surface area (TPSA) is 29.3 Å². The molecular weight excluding hydrogens is 258 g/mol. The third kappa shape index (κ3) is 2.83. The van der Waals surface area contributed by atoms with Crippen molar-refractivity contribution in [3.8, 4) is 11.3 Å². The molecule has 0 aliphatic carbocycles. The lowest BCUT2D eigenvalue weighted by Crippen LogP contribution is -2.19. The third-order valence-electron chi connectivity index (χ3n) is 3.84. The van der Waals surface area contributed by atoms with E-state index in [9.17, 15) is 0 Å². The maximum atomic E-state index is 4.34. The van der Waals surface area contributed by atoms with Gasteiger partial charge in [0.15, 0.2) is 0 Å². The summed E-state index contributed by atoms with van der Waals surface area (Å²) in [4.78, 5) is 4.34. The van der Waals surface area contributed by atoms with Crippen LogP contribution in [0.15, 0.2) is 54.9 Å². The number of pyridine rings is 1. The summed E-state index contributed by atoms with van der Waals surface area (Å²) < 4.78 is 2.12. The number of hydrogen-bond acceptors (Lipinski definition) is 2. The first-order valence-corrected chi connectivity index (χ1v) is 7.55. The molecule has 0 spiro atoms. The molecule has 0 radical (unpaired) electrons. The zero-order valence-corrected chi connectivity index (χ0v) is 12.6. The first-order chi connectivity index (χ1) is 10.3. The highest BCUT2D eigenvalue weighted by Gasteiger charge is 2.06. The van der Waals surface area contributed by atoms with E-state index in [1.807, 2.05) is 18.5 Å². The number of hydrogen-bond donors (Lipinski definition) is 1. The van der Waals surface area contributed by atoms with E-state index < -0.39 is 0 Å². The van der Waals surface area contributed by atoms with Crippen LogP contribution in [0, 0.1) is 0 Å². The normalized spacial score (nSPS) is 12.7. The zero-order valence-electron chi connectivity index (χ0n) is 12.6. The van der Waals surface area contributed by atoms with Gasteiger partial charge in [-0.15, -0.1) is 0 Å². The first kappa shape index (κ1) is 13.8. The number of nitrogens with one attached hydrogen (secondary N) is 1. The average molecular weight is 279 g/mol. The van der Waals surface area contributed by atoms with Gasteiger partial charge in [0.1, 0.15) is 5.65 Å². The smallest absolute Gasteiger partial charge is 0.137 e. The Morgan fingerprint density at radius 2 is 1.95 bits per heavy atom. The molecule has 3 aromatic rings. The molecule has 0 saturated carbocycles. The van der Waals surface area contributed by atoms with Gasteiger partial charge in [-0.1, -0.05) is 37.3 Å². The van der Waals surface area contributed by atoms with Crippen LogP contribution in [0.3, 0.4) is 0 Å². The second-order valence-electron chi connectivity index (χ2n) is 5.36. The van der Waals surface area contributed by atoms with Crippen molar-refractivity contribution >= 4 is 5.65 Å². The van der Waals surface area contributed by atoms with Gasteiger partial charge in [-0.25, -0.2) is 4.98 Å². The van der Waals surface area contributed by atoms with Crippen molar-refractivity contribution in [3.05, 3.63) is 60.4 Å². The van der Waals surface area contributed by atoms with Gasteiger partial charge < -0.3 is 5.32 Å². The van der Waals surface area contributed by atoms with Crippen molar-refractivity contribution in [3.63, 3.8) is 0 Å². The monoisotopic (exact) mass is 279 g/mol. The molecule has 3 heteroatoms. The lowest BCUT2D eigenvalue weighted by atomic mass is 10.0. The molecule has 1 unspecified atom stereocenters. The Bertz CT molecular complexity index is 713. The molecule has 0 saturated heterocycles. The molecule has 108 valence electrons. The highest BCUT2D eigenvalue weighted by Crippen LogP contribution is 2.22. The van der Waals surface area contributed by atoms with E-state index in [1.54, 1.807) is 0 Å². The Balaban J connectivity index is 1.89. The highest BCUT2D eigenvalue weighted by atomic mass is 15.0. The van der Waals surface area contributed by atoms with Crippen molar-refractivity contribution in [2.75, 3.05) is 6.54 Å². The molecule has 3 nitrogen and oxygen atoms in total. The van der Waals surface area contributed by atoms with Crippen LogP contribution in [0.1, 0.15) is 31.9 Å². The Kier molecular flexibility index (Phi) is 4.02. The number of nitrogens with zero attached hydrogens (tertiary/aromatic N) is 2. The number of benzene rings is 1. The predicted molar refractivity (Wildman–Crippen MR) is 87.3 cm³/mol. The molecule has 2 heterocycles. The van der Waals surface area contributed by atoms with E-state index in [0.29, 0.717) is 6.04 Å². The van der Waals surface area contributed by atoms with Gasteiger partial charge in [0.05, 0.1) is 5.69 Å². The molecule has 1 atom stereocenters. The van der Waals surface area contributed by atoms with Gasteiger partial charge in [0.25, 0.3) is 0 Å². The van der Waals surface area contributed by atoms with Crippen LogP contribution in [0.25, 0.3) is 16.9 Å². The van der Waals surface area contributed by atoms with Crippen LogP contribution in [0.5, 0.6) is 0 Å². The molecule has 0 amide bonds. The molecule has 2 aromatic heterocycles. The van der Waals surface area contributed by atoms with Gasteiger partial charge in [-0.3, -0.25) is 4.40 Å². The second-order valence-corrected chi connectivity index (χ2v) is 5.36. The molecule has 1 N–H and O–H groups in total. The van der Waals surface area contributed by atoms with Crippen molar-refractivity contribution in [2.24, 2.45) is 0 Å². The summed E-state index contributed by atoms with van der Waals surface area (Å²) in [5.74, 6) is 0. The molecule has 0 fully saturated rings. The van der Waals surface area contributed by atoms with Crippen LogP contribution in [0.4, 0.5) is 0 Å². The second kappa shape index (κ2) is 6.10. The van der Waals surface area contributed by atoms with E-state index in [4.69, 9.17) is 0 Å². The molecule has 0 bridgehead atoms. The maximum absolute atomic E-state index is 4.34. The molecule has 21 heavy (non-hydrogen) atoms. The first-order valence-electron chi connectivity index (χ1n) is 7.55. The number of imidazole rings is 1. The number of aromatic nitrogens is 2. The molecule has 0 aliphatic heterocycles. The molecule has 3 rings (SSSR count). The van der Waals surface area contributed by atoms with E-state index >= 15 is 0 Å². The lowest BCUT2D eigenvalue weighted by molar-refractivity contribution is 0.571. The minimum atomic E-state index is 0.392. The SMILES string of the molecule is CCCNC(C)c1ccc(-c2cccc3nccn23)cc1. The van der Waals surface area contributed by atoms with E-state index in [0.717, 1.165) is 18.6 Å². The summed E-state index contributed by atoms with van der Waals surface area (Å²) in [6, 6.07) is 15.4. The predicted octanol–water partition coefficient (Wildman–Crippen LogP) is 4.06. The zero-order chi connectivity index (χ0) is 14.7. The van der Waals surface area contributed by atoms with Crippen LogP contribution >= 0.6 is 0 Å². The van der Waals surface area contributed by atoms with Gasteiger partial charge in [-0.05, 0) is 43.1 Å². The Hall–Kier alpha value is -2.13. The van der Waals surface area contributed by atoms with Crippen molar-refractivity contribution < 1.29 is 0 Å². The summed E-state index contributed by atoms with van der Waals surface area (Å²) in [5.41, 5.74) is 4.69. The van der Waals surface area contributed by atoms with Gasteiger partial charge >= 0.3 is 0 Å². The van der Waals surface area contributed by atoms with E-state index in [2.05, 4.69) is 64.9 Å². The van der Waals surface area contributed by atoms with Crippen LogP contribution in [-0.2, 0) is 0 Å². The largest absolute Gasteiger partial charge is 0.310 e. The number of fused-ring (bicyclic) bond motifs is 1. The van der Waals surface area contributed by atoms with Crippen LogP contribution < -0.4 is 5.32 Å². The van der Waals surface area contributed by atoms with Crippen molar-refractivity contribution in [2.45, 2.75) is 26.3 Å². The molecule has 0 aliphatic rings. The van der Waals surface area contributed by atoms with Gasteiger partial charge in [0.2, 0.25) is 0 Å². The fourth-order valence-corrected chi connectivity index (χ4v) is 2.60. The Labute approximate surface area is 125 Å². The van der Waals surface area contributed by atoms with Gasteiger partial charge in [-0.2, -0.15) is 0 Å². The minimum Gasteiger partial charge on any atom is -0.310 e. The molecular formula is C18H21N3. The Morgan fingerprint density at radius 1 is 1.14 bits per heavy atom. The average Bonchev–Trinajstić information content (AvgIpc) is 3.01. The minimum absolute atomic E-state index is 0.392. The van der Waals surface area contributed by atoms with E-state index in [-0.39, 0.29) is 0 Å². The van der Waals surface area contributed by atoms with Gasteiger partial charge in [0, 0.05) is 18.4 Å². The fraction of sp³-hybridized carbons (Fsp3) is 0.278. The fourth-order valence-electron chi connectivity index (χ4n) is 2.60. The van der Waals surface area contributed by atoms with E-state index in [1.165, 1.54) is 16.8 Å². The lowest BCUT2D eigenvalue weighted by Gasteiger charge is -2.14. The summed E-state index contributed by atoms with van der Waals surface area (Å²) in [6.45, 7) is 5.45. The van der Waals surface area contributed by atoms with Crippen LogP contribution in [-0.4, -0.2) is 15.9 Å². The summed E-state index contributed by atoms with van der Waals surface area (Å²) in [5, 5.41) is 3.52. The number of rotatable bonds is 5. The Morgan fingerprint density at radius 3 is 2.71 bits per heavy atom. The standard InChI is InChI=1S/C18H21N3/c1-3-11-19-14(2)15-7-9-16(10-8-15)17-5-4-6-18-20-12-13-21(17)18/h4-10,12-14,19H,3,11H2,1-2H3. The molecule has 1 aromatic carbocycles. The van der Waals surface area contributed by atoms with Crippen LogP contribution in [0.2, 0.25) is 0 Å². The maximum Gasteiger partial charge on any atom is 0.137 e. The summed E-state index contributed by atoms with van der Waals surface area (Å²) >= 11 is 0. The summed E-state index contributed by atoms with van der Waals surface area (Å²) in [6.07, 6.45) is 5.00. The highest BCUT2D eigenvalue weighted by molar-refractivity contribution is 5.63.